The zero-order chi connectivity index (χ0) is 19.1. The topological polar surface area (TPSA) is 58.6 Å². The van der Waals surface area contributed by atoms with E-state index < -0.39 is 10.0 Å². The van der Waals surface area contributed by atoms with Crippen molar-refractivity contribution in [2.24, 2.45) is 0 Å². The number of aryl methyl sites for hydroxylation is 1. The summed E-state index contributed by atoms with van der Waals surface area (Å²) in [7, 11) is -3.40. The Labute approximate surface area is 162 Å². The summed E-state index contributed by atoms with van der Waals surface area (Å²) in [4.78, 5) is 2.30. The molecule has 146 valence electrons. The lowest BCUT2D eigenvalue weighted by Crippen LogP contribution is -2.44. The van der Waals surface area contributed by atoms with E-state index >= 15 is 0 Å². The summed E-state index contributed by atoms with van der Waals surface area (Å²) in [5, 5.41) is 0. The molecule has 0 radical (unpaired) electrons. The molecule has 1 saturated heterocycles. The summed E-state index contributed by atoms with van der Waals surface area (Å²) in [6.45, 7) is 5.47. The molecule has 1 aliphatic rings. The molecule has 0 spiro atoms. The van der Waals surface area contributed by atoms with Crippen molar-refractivity contribution in [3.8, 4) is 0 Å². The minimum atomic E-state index is -3.40. The van der Waals surface area contributed by atoms with Crippen LogP contribution in [0.15, 0.2) is 54.6 Å². The molecule has 0 amide bonds. The molecule has 1 heterocycles. The molecule has 1 aliphatic heterocycles. The van der Waals surface area contributed by atoms with E-state index in [1.54, 1.807) is 0 Å². The number of nitrogens with zero attached hydrogens (tertiary/aromatic N) is 1. The first-order chi connectivity index (χ1) is 13.1. The highest BCUT2D eigenvalue weighted by molar-refractivity contribution is 7.88. The highest BCUT2D eigenvalue weighted by Gasteiger charge is 2.24. The third-order valence-corrected chi connectivity index (χ3v) is 6.28. The molecule has 0 aliphatic carbocycles. The molecule has 1 unspecified atom stereocenters. The highest BCUT2D eigenvalue weighted by Crippen LogP contribution is 2.22. The molecule has 1 N–H and O–H groups in total. The van der Waals surface area contributed by atoms with Gasteiger partial charge < -0.3 is 4.74 Å². The fourth-order valence-corrected chi connectivity index (χ4v) is 4.52. The van der Waals surface area contributed by atoms with E-state index in [0.29, 0.717) is 19.8 Å². The second kappa shape index (κ2) is 9.46. The molecule has 1 fully saturated rings. The zero-order valence-corrected chi connectivity index (χ0v) is 16.6. The third kappa shape index (κ3) is 5.87. The molecule has 1 atom stereocenters. The van der Waals surface area contributed by atoms with Crippen molar-refractivity contribution < 1.29 is 13.2 Å². The number of nitrogens with one attached hydrogen (secondary N) is 1. The van der Waals surface area contributed by atoms with Gasteiger partial charge in [-0.15, -0.1) is 0 Å². The maximum Gasteiger partial charge on any atom is 0.215 e. The van der Waals surface area contributed by atoms with Gasteiger partial charge in [0.1, 0.15) is 0 Å². The molecule has 27 heavy (non-hydrogen) atoms. The molecule has 6 heteroatoms. The van der Waals surface area contributed by atoms with E-state index in [9.17, 15) is 8.42 Å². The SMILES string of the molecule is CCc1ccc(C(CNS(=O)(=O)Cc2ccccc2)N2CCOCC2)cc1. The number of hydrogen-bond donors (Lipinski definition) is 1. The predicted octanol–water partition coefficient (Wildman–Crippen LogP) is 2.74. The van der Waals surface area contributed by atoms with Crippen LogP contribution in [0, 0.1) is 0 Å². The van der Waals surface area contributed by atoms with Crippen LogP contribution >= 0.6 is 0 Å². The Bertz CT molecular complexity index is 801. The smallest absolute Gasteiger partial charge is 0.215 e. The van der Waals surface area contributed by atoms with Gasteiger partial charge in [0.2, 0.25) is 10.0 Å². The van der Waals surface area contributed by atoms with Crippen molar-refractivity contribution in [3.63, 3.8) is 0 Å². The maximum atomic E-state index is 12.6. The molecule has 0 bridgehead atoms. The van der Waals surface area contributed by atoms with Crippen LogP contribution in [-0.4, -0.2) is 46.2 Å². The van der Waals surface area contributed by atoms with Gasteiger partial charge in [-0.1, -0.05) is 61.5 Å². The standard InChI is InChI=1S/C21H28N2O3S/c1-2-18-8-10-20(11-9-18)21(23-12-14-26-15-13-23)16-22-27(24,25)17-19-6-4-3-5-7-19/h3-11,21-22H,2,12-17H2,1H3. The molecule has 0 saturated carbocycles. The van der Waals surface area contributed by atoms with E-state index in [0.717, 1.165) is 30.6 Å². The van der Waals surface area contributed by atoms with Gasteiger partial charge in [-0.3, -0.25) is 4.90 Å². The number of hydrogen-bond acceptors (Lipinski definition) is 4. The van der Waals surface area contributed by atoms with Crippen LogP contribution in [0.5, 0.6) is 0 Å². The van der Waals surface area contributed by atoms with Crippen LogP contribution in [0.4, 0.5) is 0 Å². The lowest BCUT2D eigenvalue weighted by Gasteiger charge is -2.35. The molecular formula is C21H28N2O3S. The first kappa shape index (κ1) is 20.0. The lowest BCUT2D eigenvalue weighted by molar-refractivity contribution is 0.0172. The fraction of sp³-hybridized carbons (Fsp3) is 0.429. The average molecular weight is 389 g/mol. The monoisotopic (exact) mass is 388 g/mol. The van der Waals surface area contributed by atoms with Crippen molar-refractivity contribution >= 4 is 10.0 Å². The van der Waals surface area contributed by atoms with Crippen LogP contribution in [-0.2, 0) is 26.9 Å². The van der Waals surface area contributed by atoms with Crippen molar-refractivity contribution in [1.29, 1.82) is 0 Å². The molecule has 3 rings (SSSR count). The first-order valence-corrected chi connectivity index (χ1v) is 11.1. The number of morpholine rings is 1. The van der Waals surface area contributed by atoms with Crippen molar-refractivity contribution in [1.82, 2.24) is 9.62 Å². The second-order valence-corrected chi connectivity index (χ2v) is 8.66. The van der Waals surface area contributed by atoms with Gasteiger partial charge in [-0.25, -0.2) is 13.1 Å². The van der Waals surface area contributed by atoms with Gasteiger partial charge in [-0.2, -0.15) is 0 Å². The summed E-state index contributed by atoms with van der Waals surface area (Å²) in [6, 6.07) is 17.8. The zero-order valence-electron chi connectivity index (χ0n) is 15.8. The minimum absolute atomic E-state index is 0.00154. The quantitative estimate of drug-likeness (QED) is 0.755. The Morgan fingerprint density at radius 2 is 1.67 bits per heavy atom. The highest BCUT2D eigenvalue weighted by atomic mass is 32.2. The summed E-state index contributed by atoms with van der Waals surface area (Å²) in [5.41, 5.74) is 3.21. The molecular weight excluding hydrogens is 360 g/mol. The van der Waals surface area contributed by atoms with Crippen LogP contribution < -0.4 is 4.72 Å². The molecule has 2 aromatic carbocycles. The Balaban J connectivity index is 1.72. The second-order valence-electron chi connectivity index (χ2n) is 6.85. The summed E-state index contributed by atoms with van der Waals surface area (Å²) < 4.78 is 33.4. The minimum Gasteiger partial charge on any atom is -0.379 e. The van der Waals surface area contributed by atoms with Gasteiger partial charge in [0.15, 0.2) is 0 Å². The normalized spacial score (nSPS) is 16.9. The van der Waals surface area contributed by atoms with Crippen LogP contribution in [0.3, 0.4) is 0 Å². The number of benzene rings is 2. The number of sulfonamides is 1. The van der Waals surface area contributed by atoms with E-state index in [1.165, 1.54) is 5.56 Å². The number of rotatable bonds is 8. The average Bonchev–Trinajstić information content (AvgIpc) is 2.70. The van der Waals surface area contributed by atoms with E-state index in [2.05, 4.69) is 40.8 Å². The maximum absolute atomic E-state index is 12.6. The van der Waals surface area contributed by atoms with E-state index in [1.807, 2.05) is 30.3 Å². The lowest BCUT2D eigenvalue weighted by atomic mass is 10.0. The van der Waals surface area contributed by atoms with Crippen molar-refractivity contribution in [2.45, 2.75) is 25.1 Å². The van der Waals surface area contributed by atoms with Crippen molar-refractivity contribution in [3.05, 3.63) is 71.3 Å². The van der Waals surface area contributed by atoms with Crippen LogP contribution in [0.2, 0.25) is 0 Å². The third-order valence-electron chi connectivity index (χ3n) is 4.96. The van der Waals surface area contributed by atoms with Crippen molar-refractivity contribution in [2.75, 3.05) is 32.8 Å². The fourth-order valence-electron chi connectivity index (χ4n) is 3.37. The van der Waals surface area contributed by atoms with Gasteiger partial charge in [-0.05, 0) is 23.1 Å². The molecule has 2 aromatic rings. The summed E-state index contributed by atoms with van der Waals surface area (Å²) in [5.74, 6) is -0.00154. The summed E-state index contributed by atoms with van der Waals surface area (Å²) in [6.07, 6.45) is 0.992. The summed E-state index contributed by atoms with van der Waals surface area (Å²) >= 11 is 0. The van der Waals surface area contributed by atoms with E-state index in [4.69, 9.17) is 4.74 Å². The molecule has 0 aromatic heterocycles. The predicted molar refractivity (Wildman–Crippen MR) is 108 cm³/mol. The largest absolute Gasteiger partial charge is 0.379 e. The van der Waals surface area contributed by atoms with Gasteiger partial charge >= 0.3 is 0 Å². The Hall–Kier alpha value is -1.73. The Kier molecular flexibility index (Phi) is 7.01. The van der Waals surface area contributed by atoms with Gasteiger partial charge in [0, 0.05) is 25.7 Å². The Morgan fingerprint density at radius 3 is 2.30 bits per heavy atom. The Morgan fingerprint density at radius 1 is 1.00 bits per heavy atom. The van der Waals surface area contributed by atoms with Gasteiger partial charge in [0.25, 0.3) is 0 Å². The first-order valence-electron chi connectivity index (χ1n) is 9.49. The van der Waals surface area contributed by atoms with E-state index in [-0.39, 0.29) is 11.8 Å². The van der Waals surface area contributed by atoms with Crippen LogP contribution in [0.25, 0.3) is 0 Å². The number of ether oxygens (including phenoxy) is 1. The van der Waals surface area contributed by atoms with Gasteiger partial charge in [0.05, 0.1) is 19.0 Å². The molecule has 5 nitrogen and oxygen atoms in total. The van der Waals surface area contributed by atoms with Crippen LogP contribution in [0.1, 0.15) is 29.7 Å².